The molecule has 1 aromatic carbocycles. The molecular formula is C13H12ClN5O3S. The van der Waals surface area contributed by atoms with E-state index >= 15 is 0 Å². The lowest BCUT2D eigenvalue weighted by Crippen LogP contribution is -2.14. The van der Waals surface area contributed by atoms with Crippen molar-refractivity contribution in [2.45, 2.75) is 23.9 Å². The van der Waals surface area contributed by atoms with Crippen molar-refractivity contribution in [3.8, 4) is 0 Å². The molecule has 2 aromatic rings. The first-order valence-electron chi connectivity index (χ1n) is 6.82. The molecule has 1 aromatic heterocycles. The second kappa shape index (κ2) is 6.55. The van der Waals surface area contributed by atoms with Gasteiger partial charge in [0.2, 0.25) is 11.1 Å². The Balaban J connectivity index is 1.56. The molecule has 0 spiro atoms. The third kappa shape index (κ3) is 3.99. The molecule has 0 aliphatic heterocycles. The predicted molar refractivity (Wildman–Crippen MR) is 85.8 cm³/mol. The van der Waals surface area contributed by atoms with Crippen LogP contribution in [0.2, 0.25) is 5.02 Å². The van der Waals surface area contributed by atoms with Crippen molar-refractivity contribution in [3.05, 3.63) is 39.2 Å². The molecule has 0 unspecified atom stereocenters. The Morgan fingerprint density at radius 2 is 2.30 bits per heavy atom. The van der Waals surface area contributed by atoms with E-state index in [0.29, 0.717) is 16.8 Å². The van der Waals surface area contributed by atoms with Crippen molar-refractivity contribution in [1.82, 2.24) is 15.2 Å². The molecule has 1 saturated carbocycles. The first-order chi connectivity index (χ1) is 11.0. The van der Waals surface area contributed by atoms with Crippen LogP contribution in [0.3, 0.4) is 0 Å². The number of hydrogen-bond donors (Lipinski definition) is 2. The van der Waals surface area contributed by atoms with Crippen molar-refractivity contribution in [3.63, 3.8) is 0 Å². The van der Waals surface area contributed by atoms with Crippen LogP contribution in [0.15, 0.2) is 23.4 Å². The highest BCUT2D eigenvalue weighted by molar-refractivity contribution is 7.99. The highest BCUT2D eigenvalue weighted by Gasteiger charge is 2.27. The second-order valence-electron chi connectivity index (χ2n) is 5.04. The van der Waals surface area contributed by atoms with Crippen LogP contribution in [0.25, 0.3) is 0 Å². The molecule has 0 atom stereocenters. The molecule has 0 bridgehead atoms. The molecule has 2 N–H and O–H groups in total. The van der Waals surface area contributed by atoms with E-state index in [2.05, 4.69) is 20.5 Å². The lowest BCUT2D eigenvalue weighted by molar-refractivity contribution is -0.384. The summed E-state index contributed by atoms with van der Waals surface area (Å²) in [6.45, 7) is 0. The van der Waals surface area contributed by atoms with Gasteiger partial charge < -0.3 is 5.32 Å². The molecule has 0 radical (unpaired) electrons. The lowest BCUT2D eigenvalue weighted by atomic mass is 10.3. The summed E-state index contributed by atoms with van der Waals surface area (Å²) in [5, 5.41) is 20.9. The molecule has 0 saturated heterocycles. The van der Waals surface area contributed by atoms with Gasteiger partial charge >= 0.3 is 0 Å². The number of rotatable bonds is 6. The van der Waals surface area contributed by atoms with Crippen molar-refractivity contribution in [1.29, 1.82) is 0 Å². The summed E-state index contributed by atoms with van der Waals surface area (Å²) >= 11 is 6.93. The zero-order valence-electron chi connectivity index (χ0n) is 11.8. The van der Waals surface area contributed by atoms with Gasteiger partial charge in [0, 0.05) is 17.7 Å². The summed E-state index contributed by atoms with van der Waals surface area (Å²) in [6.07, 6.45) is 2.24. The number of H-pyrrole nitrogens is 1. The number of nitro benzene ring substituents is 1. The number of halogens is 1. The highest BCUT2D eigenvalue weighted by atomic mass is 35.5. The highest BCUT2D eigenvalue weighted by Crippen LogP contribution is 2.38. The quantitative estimate of drug-likeness (QED) is 0.468. The first kappa shape index (κ1) is 15.8. The Morgan fingerprint density at radius 1 is 1.52 bits per heavy atom. The average Bonchev–Trinajstić information content (AvgIpc) is 3.26. The van der Waals surface area contributed by atoms with Crippen LogP contribution in [-0.2, 0) is 4.79 Å². The number of anilines is 1. The number of thioether (sulfide) groups is 1. The molecule has 1 fully saturated rings. The van der Waals surface area contributed by atoms with E-state index in [1.165, 1.54) is 30.0 Å². The van der Waals surface area contributed by atoms with Gasteiger partial charge in [-0.1, -0.05) is 23.4 Å². The van der Waals surface area contributed by atoms with Crippen LogP contribution in [0.5, 0.6) is 0 Å². The summed E-state index contributed by atoms with van der Waals surface area (Å²) in [6, 6.07) is 4.11. The van der Waals surface area contributed by atoms with Gasteiger partial charge in [-0.05, 0) is 25.0 Å². The third-order valence-corrected chi connectivity index (χ3v) is 4.37. The van der Waals surface area contributed by atoms with E-state index in [1.54, 1.807) is 0 Å². The summed E-state index contributed by atoms with van der Waals surface area (Å²) in [4.78, 5) is 26.4. The van der Waals surface area contributed by atoms with Crippen LogP contribution in [0.4, 0.5) is 11.4 Å². The van der Waals surface area contributed by atoms with E-state index in [4.69, 9.17) is 11.6 Å². The summed E-state index contributed by atoms with van der Waals surface area (Å²) in [5.41, 5.74) is 0.0699. The number of carbonyl (C=O) groups excluding carboxylic acids is 1. The molecular weight excluding hydrogens is 342 g/mol. The molecule has 1 aliphatic rings. The number of carbonyl (C=O) groups is 1. The molecule has 1 aliphatic carbocycles. The second-order valence-corrected chi connectivity index (χ2v) is 6.39. The largest absolute Gasteiger partial charge is 0.325 e. The van der Waals surface area contributed by atoms with Crippen LogP contribution in [-0.4, -0.2) is 31.8 Å². The number of nitrogens with zero attached hydrogens (tertiary/aromatic N) is 3. The maximum Gasteiger partial charge on any atom is 0.289 e. The van der Waals surface area contributed by atoms with Crippen molar-refractivity contribution in [2.24, 2.45) is 0 Å². The Hall–Kier alpha value is -2.13. The Morgan fingerprint density at radius 3 is 3.00 bits per heavy atom. The Labute approximate surface area is 140 Å². The maximum atomic E-state index is 11.9. The summed E-state index contributed by atoms with van der Waals surface area (Å²) in [5.74, 6) is 1.14. The fourth-order valence-corrected chi connectivity index (χ4v) is 2.71. The minimum atomic E-state index is -0.597. The van der Waals surface area contributed by atoms with Gasteiger partial charge in [-0.3, -0.25) is 20.0 Å². The van der Waals surface area contributed by atoms with E-state index in [1.807, 2.05) is 0 Å². The van der Waals surface area contributed by atoms with Gasteiger partial charge in [0.15, 0.2) is 0 Å². The lowest BCUT2D eigenvalue weighted by Gasteiger charge is -2.04. The number of benzene rings is 1. The van der Waals surface area contributed by atoms with Gasteiger partial charge in [-0.15, -0.1) is 5.10 Å². The Bertz CT molecular complexity index is 762. The first-order valence-corrected chi connectivity index (χ1v) is 8.18. The monoisotopic (exact) mass is 353 g/mol. The molecule has 23 heavy (non-hydrogen) atoms. The van der Waals surface area contributed by atoms with Crippen molar-refractivity contribution < 1.29 is 9.72 Å². The van der Waals surface area contributed by atoms with Gasteiger partial charge in [0.05, 0.1) is 10.7 Å². The SMILES string of the molecule is O=C(CSc1n[nH]c(C2CC2)n1)Nc1ccc(Cl)c([N+](=O)[O-])c1. The number of aromatic amines is 1. The molecule has 1 heterocycles. The normalized spacial score (nSPS) is 13.8. The molecule has 120 valence electrons. The van der Waals surface area contributed by atoms with E-state index in [0.717, 1.165) is 18.7 Å². The minimum absolute atomic E-state index is 0.0238. The molecule has 10 heteroatoms. The summed E-state index contributed by atoms with van der Waals surface area (Å²) in [7, 11) is 0. The van der Waals surface area contributed by atoms with Gasteiger partial charge in [-0.2, -0.15) is 0 Å². The van der Waals surface area contributed by atoms with Crippen LogP contribution < -0.4 is 5.32 Å². The number of aromatic nitrogens is 3. The number of hydrogen-bond acceptors (Lipinski definition) is 6. The topological polar surface area (TPSA) is 114 Å². The molecule has 3 rings (SSSR count). The van der Waals surface area contributed by atoms with E-state index in [9.17, 15) is 14.9 Å². The van der Waals surface area contributed by atoms with Crippen LogP contribution >= 0.6 is 23.4 Å². The van der Waals surface area contributed by atoms with Crippen LogP contribution in [0.1, 0.15) is 24.6 Å². The zero-order valence-corrected chi connectivity index (χ0v) is 13.4. The third-order valence-electron chi connectivity index (χ3n) is 3.21. The smallest absolute Gasteiger partial charge is 0.289 e. The summed E-state index contributed by atoms with van der Waals surface area (Å²) < 4.78 is 0. The molecule has 1 amide bonds. The Kier molecular flexibility index (Phi) is 4.49. The van der Waals surface area contributed by atoms with Gasteiger partial charge in [-0.25, -0.2) is 4.98 Å². The predicted octanol–water partition coefficient (Wildman–Crippen LogP) is 2.97. The van der Waals surface area contributed by atoms with E-state index in [-0.39, 0.29) is 22.4 Å². The van der Waals surface area contributed by atoms with Crippen molar-refractivity contribution in [2.75, 3.05) is 11.1 Å². The minimum Gasteiger partial charge on any atom is -0.325 e. The standard InChI is InChI=1S/C13H12ClN5O3S/c14-9-4-3-8(5-10(9)19(21)22)15-11(20)6-23-13-16-12(17-18-13)7-1-2-7/h3-5,7H,1-2,6H2,(H,15,20)(H,16,17,18). The fraction of sp³-hybridized carbons (Fsp3) is 0.308. The number of amides is 1. The fourth-order valence-electron chi connectivity index (χ4n) is 1.92. The zero-order chi connectivity index (χ0) is 16.4. The van der Waals surface area contributed by atoms with Gasteiger partial charge in [0.25, 0.3) is 5.69 Å². The molecule has 8 nitrogen and oxygen atoms in total. The van der Waals surface area contributed by atoms with E-state index < -0.39 is 4.92 Å². The maximum absolute atomic E-state index is 11.9. The van der Waals surface area contributed by atoms with Crippen molar-refractivity contribution >= 4 is 40.6 Å². The number of nitrogens with one attached hydrogen (secondary N) is 2. The number of nitro groups is 1. The van der Waals surface area contributed by atoms with Gasteiger partial charge in [0.1, 0.15) is 10.8 Å². The average molecular weight is 354 g/mol. The van der Waals surface area contributed by atoms with Crippen LogP contribution in [0, 0.1) is 10.1 Å².